The van der Waals surface area contributed by atoms with Crippen LogP contribution in [0, 0.1) is 6.92 Å². The molecule has 0 atom stereocenters. The molecule has 0 saturated heterocycles. The van der Waals surface area contributed by atoms with Crippen molar-refractivity contribution in [1.82, 2.24) is 4.98 Å². The highest BCUT2D eigenvalue weighted by atomic mass is 16.5. The van der Waals surface area contributed by atoms with E-state index in [1.54, 1.807) is 13.1 Å². The lowest BCUT2D eigenvalue weighted by Crippen LogP contribution is -2.12. The fourth-order valence-corrected chi connectivity index (χ4v) is 3.56. The van der Waals surface area contributed by atoms with Crippen LogP contribution in [0.1, 0.15) is 120 Å². The van der Waals surface area contributed by atoms with E-state index in [2.05, 4.69) is 17.2 Å². The maximum atomic E-state index is 12.1. The molecular formula is C24H42N2O3. The van der Waals surface area contributed by atoms with Crippen LogP contribution in [0.15, 0.2) is 6.20 Å². The lowest BCUT2D eigenvalue weighted by molar-refractivity contribution is -0.116. The number of anilines is 1. The van der Waals surface area contributed by atoms with Crippen molar-refractivity contribution in [3.63, 3.8) is 0 Å². The second-order valence-electron chi connectivity index (χ2n) is 7.96. The molecule has 0 radical (unpaired) electrons. The predicted molar refractivity (Wildman–Crippen MR) is 120 cm³/mol. The van der Waals surface area contributed by atoms with Crippen molar-refractivity contribution in [1.29, 1.82) is 0 Å². The molecule has 0 fully saturated rings. The number of aromatic nitrogens is 1. The van der Waals surface area contributed by atoms with Gasteiger partial charge in [0.25, 0.3) is 0 Å². The third kappa shape index (κ3) is 11.1. The second kappa shape index (κ2) is 16.1. The van der Waals surface area contributed by atoms with Gasteiger partial charge in [-0.05, 0) is 20.3 Å². The minimum Gasteiger partial charge on any atom is -0.461 e. The molecule has 1 heterocycles. The molecule has 2 N–H and O–H groups in total. The first-order chi connectivity index (χ1) is 14.1. The Balaban J connectivity index is 2.03. The molecule has 1 aromatic heterocycles. The van der Waals surface area contributed by atoms with Crippen LogP contribution < -0.4 is 5.32 Å². The number of hydrogen-bond donors (Lipinski definition) is 2. The predicted octanol–water partition coefficient (Wildman–Crippen LogP) is 6.92. The van der Waals surface area contributed by atoms with Crippen LogP contribution in [0.2, 0.25) is 0 Å². The topological polar surface area (TPSA) is 71.2 Å². The molecule has 1 amide bonds. The molecule has 0 aliphatic heterocycles. The summed E-state index contributed by atoms with van der Waals surface area (Å²) < 4.78 is 5.00. The average Bonchev–Trinajstić information content (AvgIpc) is 3.06. The summed E-state index contributed by atoms with van der Waals surface area (Å²) in [5, 5.41) is 2.89. The Morgan fingerprint density at radius 3 is 1.90 bits per heavy atom. The largest absolute Gasteiger partial charge is 0.461 e. The zero-order chi connectivity index (χ0) is 21.3. The molecule has 5 heteroatoms. The van der Waals surface area contributed by atoms with E-state index in [9.17, 15) is 9.59 Å². The second-order valence-corrected chi connectivity index (χ2v) is 7.96. The summed E-state index contributed by atoms with van der Waals surface area (Å²) in [6.07, 6.45) is 19.0. The Kier molecular flexibility index (Phi) is 14.0. The van der Waals surface area contributed by atoms with Crippen LogP contribution in [0.4, 0.5) is 5.69 Å². The Labute approximate surface area is 177 Å². The van der Waals surface area contributed by atoms with Gasteiger partial charge in [-0.15, -0.1) is 0 Å². The van der Waals surface area contributed by atoms with Gasteiger partial charge in [-0.2, -0.15) is 0 Å². The van der Waals surface area contributed by atoms with Crippen LogP contribution in [-0.2, 0) is 9.53 Å². The Hall–Kier alpha value is -1.78. The molecule has 0 bridgehead atoms. The van der Waals surface area contributed by atoms with Crippen molar-refractivity contribution in [3.05, 3.63) is 17.5 Å². The number of H-pyrrole nitrogens is 1. The number of hydrogen-bond acceptors (Lipinski definition) is 3. The fourth-order valence-electron chi connectivity index (χ4n) is 3.56. The van der Waals surface area contributed by atoms with E-state index < -0.39 is 0 Å². The monoisotopic (exact) mass is 406 g/mol. The van der Waals surface area contributed by atoms with E-state index in [0.717, 1.165) is 18.4 Å². The highest BCUT2D eigenvalue weighted by molar-refractivity contribution is 5.96. The van der Waals surface area contributed by atoms with Crippen molar-refractivity contribution < 1.29 is 14.3 Å². The first-order valence-corrected chi connectivity index (χ1v) is 11.7. The van der Waals surface area contributed by atoms with Crippen molar-refractivity contribution in [2.24, 2.45) is 0 Å². The lowest BCUT2D eigenvalue weighted by atomic mass is 10.0. The highest BCUT2D eigenvalue weighted by Crippen LogP contribution is 2.20. The van der Waals surface area contributed by atoms with Gasteiger partial charge in [-0.25, -0.2) is 4.79 Å². The first-order valence-electron chi connectivity index (χ1n) is 11.7. The molecule has 0 spiro atoms. The molecule has 0 unspecified atom stereocenters. The van der Waals surface area contributed by atoms with Gasteiger partial charge >= 0.3 is 5.97 Å². The van der Waals surface area contributed by atoms with Crippen LogP contribution in [0.5, 0.6) is 0 Å². The molecular weight excluding hydrogens is 364 g/mol. The van der Waals surface area contributed by atoms with E-state index in [0.29, 0.717) is 24.4 Å². The van der Waals surface area contributed by atoms with Gasteiger partial charge in [0.15, 0.2) is 0 Å². The van der Waals surface area contributed by atoms with Gasteiger partial charge in [-0.1, -0.05) is 84.0 Å². The van der Waals surface area contributed by atoms with Gasteiger partial charge in [-0.3, -0.25) is 4.79 Å². The number of aromatic amines is 1. The van der Waals surface area contributed by atoms with E-state index in [-0.39, 0.29) is 11.9 Å². The summed E-state index contributed by atoms with van der Waals surface area (Å²) in [4.78, 5) is 26.8. The zero-order valence-corrected chi connectivity index (χ0v) is 18.9. The molecule has 1 aromatic rings. The molecule has 29 heavy (non-hydrogen) atoms. The molecule has 0 aliphatic carbocycles. The van der Waals surface area contributed by atoms with Gasteiger partial charge in [0.05, 0.1) is 12.3 Å². The number of rotatable bonds is 17. The van der Waals surface area contributed by atoms with Gasteiger partial charge in [0.1, 0.15) is 5.69 Å². The van der Waals surface area contributed by atoms with Crippen molar-refractivity contribution in [2.75, 3.05) is 11.9 Å². The van der Waals surface area contributed by atoms with E-state index in [1.165, 1.54) is 70.6 Å². The highest BCUT2D eigenvalue weighted by Gasteiger charge is 2.16. The third-order valence-corrected chi connectivity index (χ3v) is 5.40. The van der Waals surface area contributed by atoms with Gasteiger partial charge in [0, 0.05) is 18.2 Å². The number of esters is 1. The van der Waals surface area contributed by atoms with Crippen LogP contribution in [-0.4, -0.2) is 23.5 Å². The molecule has 166 valence electrons. The maximum absolute atomic E-state index is 12.1. The summed E-state index contributed by atoms with van der Waals surface area (Å²) in [5.41, 5.74) is 1.79. The minimum atomic E-state index is -0.387. The zero-order valence-electron chi connectivity index (χ0n) is 18.9. The SMILES string of the molecule is CCCCCCCCCCCCCCCC(=O)Nc1c[nH]c(C(=O)OCC)c1C. The minimum absolute atomic E-state index is 0.00517. The van der Waals surface area contributed by atoms with E-state index in [4.69, 9.17) is 4.74 Å². The molecule has 0 aromatic carbocycles. The first kappa shape index (κ1) is 25.3. The number of carbonyl (C=O) groups is 2. The summed E-state index contributed by atoms with van der Waals surface area (Å²) in [6.45, 7) is 6.18. The maximum Gasteiger partial charge on any atom is 0.355 e. The van der Waals surface area contributed by atoms with E-state index in [1.807, 2.05) is 6.92 Å². The number of nitrogens with one attached hydrogen (secondary N) is 2. The summed E-state index contributed by atoms with van der Waals surface area (Å²) in [5.74, 6) is -0.382. The number of ether oxygens (including phenoxy) is 1. The van der Waals surface area contributed by atoms with Gasteiger partial charge in [0.2, 0.25) is 5.91 Å². The fraction of sp³-hybridized carbons (Fsp3) is 0.750. The molecule has 5 nitrogen and oxygen atoms in total. The lowest BCUT2D eigenvalue weighted by Gasteiger charge is -2.06. The van der Waals surface area contributed by atoms with Crippen molar-refractivity contribution in [2.45, 2.75) is 111 Å². The Morgan fingerprint density at radius 1 is 0.862 bits per heavy atom. The van der Waals surface area contributed by atoms with Gasteiger partial charge < -0.3 is 15.0 Å². The third-order valence-electron chi connectivity index (χ3n) is 5.40. The van der Waals surface area contributed by atoms with Crippen molar-refractivity contribution in [3.8, 4) is 0 Å². The molecule has 0 aliphatic rings. The van der Waals surface area contributed by atoms with Crippen molar-refractivity contribution >= 4 is 17.6 Å². The van der Waals surface area contributed by atoms with E-state index >= 15 is 0 Å². The summed E-state index contributed by atoms with van der Waals surface area (Å²) in [7, 11) is 0. The summed E-state index contributed by atoms with van der Waals surface area (Å²) in [6, 6.07) is 0. The normalized spacial score (nSPS) is 10.9. The Morgan fingerprint density at radius 2 is 1.38 bits per heavy atom. The average molecular weight is 407 g/mol. The van der Waals surface area contributed by atoms with Crippen LogP contribution >= 0.6 is 0 Å². The number of carbonyl (C=O) groups excluding carboxylic acids is 2. The van der Waals surface area contributed by atoms with Crippen LogP contribution in [0.3, 0.4) is 0 Å². The van der Waals surface area contributed by atoms with Crippen LogP contribution in [0.25, 0.3) is 0 Å². The molecule has 1 rings (SSSR count). The number of unbranched alkanes of at least 4 members (excludes halogenated alkanes) is 12. The molecule has 0 saturated carbocycles. The quantitative estimate of drug-likeness (QED) is 0.218. The smallest absolute Gasteiger partial charge is 0.355 e. The summed E-state index contributed by atoms with van der Waals surface area (Å²) >= 11 is 0. The number of amides is 1. The standard InChI is InChI=1S/C24H42N2O3/c1-4-6-7-8-9-10-11-12-13-14-15-16-17-18-22(27)26-21-19-25-23(20(21)3)24(28)29-5-2/h19,25H,4-18H2,1-3H3,(H,26,27). The Bertz CT molecular complexity index is 581.